The number of piperidine rings is 1. The lowest BCUT2D eigenvalue weighted by atomic mass is 9.88. The van der Waals surface area contributed by atoms with Crippen molar-refractivity contribution < 1.29 is 28.2 Å². The van der Waals surface area contributed by atoms with E-state index in [1.165, 1.54) is 31.4 Å². The number of carbonyl (C=O) groups is 3. The highest BCUT2D eigenvalue weighted by Gasteiger charge is 2.34. The van der Waals surface area contributed by atoms with Crippen molar-refractivity contribution in [1.29, 1.82) is 0 Å². The van der Waals surface area contributed by atoms with Gasteiger partial charge in [0.2, 0.25) is 5.91 Å². The number of hydrogen-bond acceptors (Lipinski definition) is 5. The van der Waals surface area contributed by atoms with Crippen LogP contribution in [0.25, 0.3) is 0 Å². The summed E-state index contributed by atoms with van der Waals surface area (Å²) >= 11 is 0. The van der Waals surface area contributed by atoms with E-state index in [1.54, 1.807) is 36.3 Å². The second kappa shape index (κ2) is 12.1. The van der Waals surface area contributed by atoms with Crippen molar-refractivity contribution in [1.82, 2.24) is 15.5 Å². The molecule has 0 saturated carbocycles. The number of methoxy groups -OCH3 is 2. The second-order valence-electron chi connectivity index (χ2n) is 8.10. The maximum Gasteiger partial charge on any atom is 0.253 e. The van der Waals surface area contributed by atoms with E-state index in [2.05, 4.69) is 10.6 Å². The Labute approximate surface area is 198 Å². The minimum absolute atomic E-state index is 0.158. The number of hydrogen-bond donors (Lipinski definition) is 2. The third-order valence-corrected chi connectivity index (χ3v) is 5.90. The van der Waals surface area contributed by atoms with Gasteiger partial charge < -0.3 is 25.0 Å². The first kappa shape index (κ1) is 25.2. The summed E-state index contributed by atoms with van der Waals surface area (Å²) in [5.41, 5.74) is 0.804. The summed E-state index contributed by atoms with van der Waals surface area (Å²) in [5, 5.41) is 5.68. The molecule has 1 aliphatic heterocycles. The van der Waals surface area contributed by atoms with Gasteiger partial charge in [-0.05, 0) is 61.2 Å². The van der Waals surface area contributed by atoms with E-state index >= 15 is 0 Å². The average Bonchev–Trinajstić information content (AvgIpc) is 2.87. The maximum atomic E-state index is 13.2. The molecule has 3 rings (SSSR count). The topological polar surface area (TPSA) is 97.0 Å². The molecule has 3 amide bonds. The number of amides is 3. The summed E-state index contributed by atoms with van der Waals surface area (Å²) < 4.78 is 23.4. The van der Waals surface area contributed by atoms with Crippen LogP contribution in [0.3, 0.4) is 0 Å². The van der Waals surface area contributed by atoms with E-state index in [4.69, 9.17) is 9.47 Å². The highest BCUT2D eigenvalue weighted by molar-refractivity contribution is 5.98. The standard InChI is InChI=1S/C25H30FN3O5/c1-33-15-12-27-24(31)22(28-23(30)19-4-3-5-21(16-19)34-2)17-10-13-29(14-11-17)25(32)18-6-8-20(26)9-7-18/h3-9,16-17,22H,10-15H2,1-2H3,(H,27,31)(H,28,30). The number of carbonyl (C=O) groups excluding carboxylic acids is 3. The van der Waals surface area contributed by atoms with Gasteiger partial charge in [-0.1, -0.05) is 6.07 Å². The molecular formula is C25H30FN3O5. The van der Waals surface area contributed by atoms with Crippen LogP contribution in [0.2, 0.25) is 0 Å². The molecule has 182 valence electrons. The van der Waals surface area contributed by atoms with Gasteiger partial charge in [-0.2, -0.15) is 0 Å². The first-order valence-electron chi connectivity index (χ1n) is 11.2. The summed E-state index contributed by atoms with van der Waals surface area (Å²) in [4.78, 5) is 40.3. The van der Waals surface area contributed by atoms with Gasteiger partial charge in [0.15, 0.2) is 0 Å². The number of benzene rings is 2. The van der Waals surface area contributed by atoms with Crippen molar-refractivity contribution >= 4 is 17.7 Å². The zero-order valence-electron chi connectivity index (χ0n) is 19.4. The summed E-state index contributed by atoms with van der Waals surface area (Å²) in [5.74, 6) is -0.868. The largest absolute Gasteiger partial charge is 0.497 e. The van der Waals surface area contributed by atoms with E-state index in [9.17, 15) is 18.8 Å². The van der Waals surface area contributed by atoms with Crippen LogP contribution in [0.15, 0.2) is 48.5 Å². The van der Waals surface area contributed by atoms with Crippen molar-refractivity contribution in [2.75, 3.05) is 40.5 Å². The van der Waals surface area contributed by atoms with Crippen molar-refractivity contribution in [2.45, 2.75) is 18.9 Å². The highest BCUT2D eigenvalue weighted by Crippen LogP contribution is 2.23. The van der Waals surface area contributed by atoms with Crippen LogP contribution in [0.5, 0.6) is 5.75 Å². The van der Waals surface area contributed by atoms with E-state index in [0.29, 0.717) is 56.0 Å². The first-order chi connectivity index (χ1) is 16.4. The average molecular weight is 472 g/mol. The Morgan fingerprint density at radius 3 is 2.41 bits per heavy atom. The normalized spacial score (nSPS) is 14.9. The molecule has 2 aromatic rings. The van der Waals surface area contributed by atoms with Gasteiger partial charge in [0.25, 0.3) is 11.8 Å². The molecule has 34 heavy (non-hydrogen) atoms. The monoisotopic (exact) mass is 471 g/mol. The van der Waals surface area contributed by atoms with Crippen LogP contribution in [0.4, 0.5) is 4.39 Å². The number of ether oxygens (including phenoxy) is 2. The Morgan fingerprint density at radius 1 is 1.06 bits per heavy atom. The zero-order chi connectivity index (χ0) is 24.5. The van der Waals surface area contributed by atoms with Crippen LogP contribution >= 0.6 is 0 Å². The highest BCUT2D eigenvalue weighted by atomic mass is 19.1. The quantitative estimate of drug-likeness (QED) is 0.547. The number of nitrogens with zero attached hydrogens (tertiary/aromatic N) is 1. The van der Waals surface area contributed by atoms with Crippen LogP contribution in [0, 0.1) is 11.7 Å². The first-order valence-corrected chi connectivity index (χ1v) is 11.2. The lowest BCUT2D eigenvalue weighted by Crippen LogP contribution is -2.54. The number of nitrogens with one attached hydrogen (secondary N) is 2. The van der Waals surface area contributed by atoms with Gasteiger partial charge in [0, 0.05) is 37.9 Å². The van der Waals surface area contributed by atoms with Crippen LogP contribution in [-0.2, 0) is 9.53 Å². The molecule has 0 aromatic heterocycles. The summed E-state index contributed by atoms with van der Waals surface area (Å²) in [6.07, 6.45) is 1.07. The SMILES string of the molecule is COCCNC(=O)C(NC(=O)c1cccc(OC)c1)C1CCN(C(=O)c2ccc(F)cc2)CC1. The molecule has 9 heteroatoms. The fourth-order valence-electron chi connectivity index (χ4n) is 3.98. The molecule has 1 fully saturated rings. The Bertz CT molecular complexity index is 990. The van der Waals surface area contributed by atoms with Crippen molar-refractivity contribution in [3.05, 3.63) is 65.5 Å². The molecule has 8 nitrogen and oxygen atoms in total. The Kier molecular flexibility index (Phi) is 8.98. The van der Waals surface area contributed by atoms with Gasteiger partial charge in [-0.25, -0.2) is 4.39 Å². The predicted molar refractivity (Wildman–Crippen MR) is 124 cm³/mol. The number of rotatable bonds is 9. The third-order valence-electron chi connectivity index (χ3n) is 5.90. The van der Waals surface area contributed by atoms with Crippen LogP contribution in [0.1, 0.15) is 33.6 Å². The number of halogens is 1. The molecule has 0 aliphatic carbocycles. The lowest BCUT2D eigenvalue weighted by molar-refractivity contribution is -0.124. The zero-order valence-corrected chi connectivity index (χ0v) is 19.4. The molecule has 0 spiro atoms. The van der Waals surface area contributed by atoms with Gasteiger partial charge in [0.05, 0.1) is 13.7 Å². The maximum absolute atomic E-state index is 13.2. The van der Waals surface area contributed by atoms with Gasteiger partial charge in [-0.3, -0.25) is 14.4 Å². The van der Waals surface area contributed by atoms with Gasteiger partial charge in [-0.15, -0.1) is 0 Å². The fraction of sp³-hybridized carbons (Fsp3) is 0.400. The minimum Gasteiger partial charge on any atom is -0.497 e. The molecule has 1 aliphatic rings. The van der Waals surface area contributed by atoms with Crippen LogP contribution in [-0.4, -0.2) is 69.1 Å². The second-order valence-corrected chi connectivity index (χ2v) is 8.10. The van der Waals surface area contributed by atoms with Gasteiger partial charge >= 0.3 is 0 Å². The van der Waals surface area contributed by atoms with E-state index < -0.39 is 11.9 Å². The van der Waals surface area contributed by atoms with E-state index in [-0.39, 0.29) is 23.6 Å². The lowest BCUT2D eigenvalue weighted by Gasteiger charge is -2.36. The van der Waals surface area contributed by atoms with Crippen molar-refractivity contribution in [3.8, 4) is 5.75 Å². The third kappa shape index (κ3) is 6.54. The molecule has 2 aromatic carbocycles. The van der Waals surface area contributed by atoms with Crippen molar-refractivity contribution in [3.63, 3.8) is 0 Å². The van der Waals surface area contributed by atoms with E-state index in [1.807, 2.05) is 0 Å². The summed E-state index contributed by atoms with van der Waals surface area (Å²) in [6.45, 7) is 1.53. The summed E-state index contributed by atoms with van der Waals surface area (Å²) in [6, 6.07) is 11.4. The Balaban J connectivity index is 1.68. The molecular weight excluding hydrogens is 441 g/mol. The minimum atomic E-state index is -0.765. The molecule has 1 saturated heterocycles. The molecule has 1 unspecified atom stereocenters. The summed E-state index contributed by atoms with van der Waals surface area (Å²) in [7, 11) is 3.06. The molecule has 0 radical (unpaired) electrons. The van der Waals surface area contributed by atoms with Crippen LogP contribution < -0.4 is 15.4 Å². The molecule has 2 N–H and O–H groups in total. The molecule has 1 atom stereocenters. The predicted octanol–water partition coefficient (Wildman–Crippen LogP) is 2.25. The number of likely N-dealkylation sites (tertiary alicyclic amines) is 1. The van der Waals surface area contributed by atoms with Gasteiger partial charge in [0.1, 0.15) is 17.6 Å². The van der Waals surface area contributed by atoms with E-state index in [0.717, 1.165) is 0 Å². The van der Waals surface area contributed by atoms with Crippen molar-refractivity contribution in [2.24, 2.45) is 5.92 Å². The molecule has 1 heterocycles. The molecule has 0 bridgehead atoms. The smallest absolute Gasteiger partial charge is 0.253 e. The fourth-order valence-corrected chi connectivity index (χ4v) is 3.98. The Morgan fingerprint density at radius 2 is 1.76 bits per heavy atom. The Hall–Kier alpha value is -3.46.